The molecule has 130 valence electrons. The molecule has 0 atom stereocenters. The highest BCUT2D eigenvalue weighted by Gasteiger charge is 2.13. The fourth-order valence-electron chi connectivity index (χ4n) is 1.97. The Balaban J connectivity index is 2.00. The third-order valence-corrected chi connectivity index (χ3v) is 3.11. The van der Waals surface area contributed by atoms with E-state index in [0.717, 1.165) is 12.1 Å². The Labute approximate surface area is 143 Å². The average molecular weight is 346 g/mol. The highest BCUT2D eigenvalue weighted by atomic mass is 19.1. The molecule has 0 aliphatic carbocycles. The monoisotopic (exact) mass is 346 g/mol. The molecule has 2 amide bonds. The smallest absolute Gasteiger partial charge is 0.262 e. The number of halogens is 2. The Morgan fingerprint density at radius 1 is 1.16 bits per heavy atom. The van der Waals surface area contributed by atoms with E-state index in [4.69, 9.17) is 4.74 Å². The Hall–Kier alpha value is -3.22. The first kappa shape index (κ1) is 18.1. The molecule has 0 unspecified atom stereocenters. The number of hydrogen-bond donors (Lipinski definition) is 2. The van der Waals surface area contributed by atoms with E-state index in [-0.39, 0.29) is 29.5 Å². The standard InChI is InChI=1S/C18H16F2N2O3/c1-2-9-21-18(24)13-5-3-4-6-15(13)22-17(23)11-25-16-8-7-12(19)10-14(16)20/h2-8,10H,1,9,11H2,(H,21,24)(H,22,23). The summed E-state index contributed by atoms with van der Waals surface area (Å²) in [5, 5.41) is 5.13. The number of carbonyl (C=O) groups is 2. The second-order valence-corrected chi connectivity index (χ2v) is 4.96. The number of hydrogen-bond acceptors (Lipinski definition) is 3. The summed E-state index contributed by atoms with van der Waals surface area (Å²) >= 11 is 0. The first-order chi connectivity index (χ1) is 12.0. The fraction of sp³-hybridized carbons (Fsp3) is 0.111. The molecule has 0 spiro atoms. The molecule has 2 aromatic carbocycles. The minimum atomic E-state index is -0.906. The molecule has 2 N–H and O–H groups in total. The van der Waals surface area contributed by atoms with E-state index >= 15 is 0 Å². The second-order valence-electron chi connectivity index (χ2n) is 4.96. The van der Waals surface area contributed by atoms with Crippen molar-refractivity contribution in [2.75, 3.05) is 18.5 Å². The maximum atomic E-state index is 13.5. The van der Waals surface area contributed by atoms with E-state index in [2.05, 4.69) is 17.2 Å². The van der Waals surface area contributed by atoms with Crippen LogP contribution >= 0.6 is 0 Å². The Morgan fingerprint density at radius 3 is 2.64 bits per heavy atom. The molecule has 2 aromatic rings. The van der Waals surface area contributed by atoms with Crippen LogP contribution in [-0.2, 0) is 4.79 Å². The van der Waals surface area contributed by atoms with Crippen molar-refractivity contribution in [1.82, 2.24) is 5.32 Å². The summed E-state index contributed by atoms with van der Waals surface area (Å²) in [4.78, 5) is 24.0. The number of anilines is 1. The van der Waals surface area contributed by atoms with Gasteiger partial charge >= 0.3 is 0 Å². The molecule has 7 heteroatoms. The lowest BCUT2D eigenvalue weighted by atomic mass is 10.1. The van der Waals surface area contributed by atoms with Crippen LogP contribution in [-0.4, -0.2) is 25.0 Å². The average Bonchev–Trinajstić information content (AvgIpc) is 2.59. The maximum Gasteiger partial charge on any atom is 0.262 e. The van der Waals surface area contributed by atoms with Gasteiger partial charge < -0.3 is 15.4 Å². The highest BCUT2D eigenvalue weighted by molar-refractivity contribution is 6.04. The van der Waals surface area contributed by atoms with E-state index in [1.807, 2.05) is 0 Å². The van der Waals surface area contributed by atoms with Gasteiger partial charge in [-0.25, -0.2) is 8.78 Å². The van der Waals surface area contributed by atoms with Gasteiger partial charge in [-0.2, -0.15) is 0 Å². The predicted octanol–water partition coefficient (Wildman–Crippen LogP) is 2.90. The van der Waals surface area contributed by atoms with Crippen molar-refractivity contribution >= 4 is 17.5 Å². The first-order valence-electron chi connectivity index (χ1n) is 7.37. The van der Waals surface area contributed by atoms with Gasteiger partial charge in [0.2, 0.25) is 0 Å². The van der Waals surface area contributed by atoms with E-state index in [1.165, 1.54) is 6.08 Å². The zero-order valence-corrected chi connectivity index (χ0v) is 13.2. The minimum Gasteiger partial charge on any atom is -0.481 e. The quantitative estimate of drug-likeness (QED) is 0.758. The Kier molecular flexibility index (Phi) is 6.22. The van der Waals surface area contributed by atoms with Gasteiger partial charge in [0.05, 0.1) is 11.3 Å². The minimum absolute atomic E-state index is 0.242. The van der Waals surface area contributed by atoms with Crippen LogP contribution in [0.2, 0.25) is 0 Å². The van der Waals surface area contributed by atoms with Crippen LogP contribution in [0.5, 0.6) is 5.75 Å². The first-order valence-corrected chi connectivity index (χ1v) is 7.37. The van der Waals surface area contributed by atoms with Gasteiger partial charge in [-0.05, 0) is 24.3 Å². The lowest BCUT2D eigenvalue weighted by Crippen LogP contribution is -2.26. The highest BCUT2D eigenvalue weighted by Crippen LogP contribution is 2.18. The van der Waals surface area contributed by atoms with Crippen LogP contribution in [0, 0.1) is 11.6 Å². The lowest BCUT2D eigenvalue weighted by molar-refractivity contribution is -0.118. The number of rotatable bonds is 7. The molecule has 0 aromatic heterocycles. The van der Waals surface area contributed by atoms with Crippen molar-refractivity contribution in [2.24, 2.45) is 0 Å². The summed E-state index contributed by atoms with van der Waals surface area (Å²) in [7, 11) is 0. The van der Waals surface area contributed by atoms with Crippen molar-refractivity contribution in [3.63, 3.8) is 0 Å². The van der Waals surface area contributed by atoms with Gasteiger partial charge in [-0.3, -0.25) is 9.59 Å². The molecular formula is C18H16F2N2O3. The normalized spacial score (nSPS) is 10.0. The number of para-hydroxylation sites is 1. The van der Waals surface area contributed by atoms with Crippen LogP contribution in [0.25, 0.3) is 0 Å². The van der Waals surface area contributed by atoms with Gasteiger partial charge in [0, 0.05) is 12.6 Å². The zero-order valence-electron chi connectivity index (χ0n) is 13.2. The molecule has 0 aliphatic heterocycles. The van der Waals surface area contributed by atoms with Crippen molar-refractivity contribution in [2.45, 2.75) is 0 Å². The molecule has 0 saturated carbocycles. The molecule has 0 fully saturated rings. The van der Waals surface area contributed by atoms with Crippen molar-refractivity contribution in [3.05, 3.63) is 72.3 Å². The van der Waals surface area contributed by atoms with Gasteiger partial charge in [0.25, 0.3) is 11.8 Å². The molecule has 2 rings (SSSR count). The third-order valence-electron chi connectivity index (χ3n) is 3.11. The summed E-state index contributed by atoms with van der Waals surface area (Å²) in [6, 6.07) is 9.19. The van der Waals surface area contributed by atoms with Crippen LogP contribution < -0.4 is 15.4 Å². The number of carbonyl (C=O) groups excluding carboxylic acids is 2. The van der Waals surface area contributed by atoms with Crippen molar-refractivity contribution < 1.29 is 23.1 Å². The number of amides is 2. The third kappa shape index (κ3) is 5.13. The fourth-order valence-corrected chi connectivity index (χ4v) is 1.97. The van der Waals surface area contributed by atoms with Crippen LogP contribution in [0.4, 0.5) is 14.5 Å². The summed E-state index contributed by atoms with van der Waals surface area (Å²) in [6.07, 6.45) is 1.53. The van der Waals surface area contributed by atoms with E-state index in [0.29, 0.717) is 6.07 Å². The number of ether oxygens (including phenoxy) is 1. The second kappa shape index (κ2) is 8.58. The van der Waals surface area contributed by atoms with Crippen LogP contribution in [0.15, 0.2) is 55.1 Å². The predicted molar refractivity (Wildman–Crippen MR) is 89.5 cm³/mol. The van der Waals surface area contributed by atoms with Gasteiger partial charge in [-0.1, -0.05) is 18.2 Å². The SMILES string of the molecule is C=CCNC(=O)c1ccccc1NC(=O)COc1ccc(F)cc1F. The lowest BCUT2D eigenvalue weighted by Gasteiger charge is -2.11. The summed E-state index contributed by atoms with van der Waals surface area (Å²) in [5.41, 5.74) is 0.558. The summed E-state index contributed by atoms with van der Waals surface area (Å²) < 4.78 is 31.3. The Morgan fingerprint density at radius 2 is 1.92 bits per heavy atom. The number of benzene rings is 2. The molecule has 0 aliphatic rings. The molecule has 0 saturated heterocycles. The maximum absolute atomic E-state index is 13.5. The van der Waals surface area contributed by atoms with Crippen LogP contribution in [0.1, 0.15) is 10.4 Å². The molecule has 25 heavy (non-hydrogen) atoms. The summed E-state index contributed by atoms with van der Waals surface area (Å²) in [5.74, 6) is -2.85. The van der Waals surface area contributed by atoms with E-state index in [1.54, 1.807) is 24.3 Å². The topological polar surface area (TPSA) is 67.4 Å². The van der Waals surface area contributed by atoms with Crippen molar-refractivity contribution in [1.29, 1.82) is 0 Å². The molecule has 0 heterocycles. The van der Waals surface area contributed by atoms with Gasteiger partial charge in [0.15, 0.2) is 18.2 Å². The molecule has 5 nitrogen and oxygen atoms in total. The molecular weight excluding hydrogens is 330 g/mol. The zero-order chi connectivity index (χ0) is 18.2. The number of nitrogens with one attached hydrogen (secondary N) is 2. The summed E-state index contributed by atoms with van der Waals surface area (Å²) in [6.45, 7) is 3.30. The van der Waals surface area contributed by atoms with E-state index in [9.17, 15) is 18.4 Å². The van der Waals surface area contributed by atoms with Crippen molar-refractivity contribution in [3.8, 4) is 5.75 Å². The van der Waals surface area contributed by atoms with Gasteiger partial charge in [-0.15, -0.1) is 6.58 Å². The Bertz CT molecular complexity index is 794. The molecule has 0 radical (unpaired) electrons. The van der Waals surface area contributed by atoms with Crippen LogP contribution in [0.3, 0.4) is 0 Å². The largest absolute Gasteiger partial charge is 0.481 e. The van der Waals surface area contributed by atoms with E-state index < -0.39 is 24.1 Å². The molecule has 0 bridgehead atoms. The van der Waals surface area contributed by atoms with Gasteiger partial charge in [0.1, 0.15) is 5.82 Å².